The Hall–Kier alpha value is -0.100. The fourth-order valence-electron chi connectivity index (χ4n) is 2.76. The van der Waals surface area contributed by atoms with Crippen molar-refractivity contribution in [3.05, 3.63) is 0 Å². The van der Waals surface area contributed by atoms with Gasteiger partial charge in [-0.15, -0.1) is 8.58 Å². The van der Waals surface area contributed by atoms with Gasteiger partial charge in [0.1, 0.15) is 0 Å². The van der Waals surface area contributed by atoms with Crippen molar-refractivity contribution < 1.29 is 9.90 Å². The molecule has 1 N–H and O–H groups in total. The highest BCUT2D eigenvalue weighted by Crippen LogP contribution is 2.47. The third-order valence-electron chi connectivity index (χ3n) is 3.80. The van der Waals surface area contributed by atoms with Gasteiger partial charge < -0.3 is 5.11 Å². The van der Waals surface area contributed by atoms with Crippen LogP contribution in [-0.2, 0) is 4.79 Å². The minimum absolute atomic E-state index is 0.394. The summed E-state index contributed by atoms with van der Waals surface area (Å²) in [4.78, 5) is 11.5. The number of hydrogen-bond acceptors (Lipinski definition) is 1. The molecule has 0 saturated carbocycles. The summed E-state index contributed by atoms with van der Waals surface area (Å²) in [6.07, 6.45) is 7.80. The van der Waals surface area contributed by atoms with E-state index in [1.165, 1.54) is 19.3 Å². The summed E-state index contributed by atoms with van der Waals surface area (Å²) in [7, 11) is 0.620. The van der Waals surface area contributed by atoms with E-state index in [1.807, 2.05) is 6.92 Å². The fraction of sp³-hybridized carbons (Fsp3) is 0.917. The van der Waals surface area contributed by atoms with Crippen LogP contribution in [0.25, 0.3) is 0 Å². The second kappa shape index (κ2) is 5.84. The Morgan fingerprint density at radius 3 is 2.67 bits per heavy atom. The molecule has 0 spiro atoms. The molecule has 3 unspecified atom stereocenters. The van der Waals surface area contributed by atoms with Crippen LogP contribution in [0.2, 0.25) is 0 Å². The lowest BCUT2D eigenvalue weighted by atomic mass is 9.83. The van der Waals surface area contributed by atoms with Gasteiger partial charge in [0.2, 0.25) is 0 Å². The monoisotopic (exact) mass is 230 g/mol. The molecular weight excluding hydrogens is 207 g/mol. The standard InChI is InChI=1S/C12H23O2P/c1-3-10-8-6-5-7-9-15-12(10,4-2)11(13)14/h10,15H,3-9H2,1-2H3,(H,13,14). The van der Waals surface area contributed by atoms with Gasteiger partial charge in [0.05, 0.1) is 5.16 Å². The molecule has 1 aliphatic rings. The van der Waals surface area contributed by atoms with Crippen LogP contribution >= 0.6 is 8.58 Å². The molecule has 0 aliphatic carbocycles. The smallest absolute Gasteiger partial charge is 0.313 e. The Labute approximate surface area is 94.6 Å². The predicted molar refractivity (Wildman–Crippen MR) is 66.1 cm³/mol. The lowest BCUT2D eigenvalue weighted by Crippen LogP contribution is -2.42. The fourth-order valence-corrected chi connectivity index (χ4v) is 4.67. The highest BCUT2D eigenvalue weighted by atomic mass is 31.1. The van der Waals surface area contributed by atoms with E-state index in [0.29, 0.717) is 14.5 Å². The summed E-state index contributed by atoms with van der Waals surface area (Å²) < 4.78 is 0. The van der Waals surface area contributed by atoms with Crippen LogP contribution in [0.5, 0.6) is 0 Å². The van der Waals surface area contributed by atoms with Crippen LogP contribution in [0, 0.1) is 5.92 Å². The molecule has 1 aliphatic heterocycles. The van der Waals surface area contributed by atoms with Gasteiger partial charge in [-0.2, -0.15) is 0 Å². The lowest BCUT2D eigenvalue weighted by Gasteiger charge is -2.37. The van der Waals surface area contributed by atoms with Gasteiger partial charge in [0, 0.05) is 0 Å². The van der Waals surface area contributed by atoms with Crippen LogP contribution in [0.1, 0.15) is 52.4 Å². The predicted octanol–water partition coefficient (Wildman–Crippen LogP) is 3.50. The summed E-state index contributed by atoms with van der Waals surface area (Å²) in [6, 6.07) is 0. The van der Waals surface area contributed by atoms with Gasteiger partial charge in [-0.05, 0) is 31.3 Å². The maximum atomic E-state index is 11.5. The molecule has 0 aromatic rings. The molecule has 0 bridgehead atoms. The number of hydrogen-bond donors (Lipinski definition) is 1. The third-order valence-corrected chi connectivity index (χ3v) is 6.01. The minimum atomic E-state index is -0.544. The first kappa shape index (κ1) is 13.0. The van der Waals surface area contributed by atoms with E-state index >= 15 is 0 Å². The summed E-state index contributed by atoms with van der Waals surface area (Å²) in [5.41, 5.74) is 0. The second-order valence-electron chi connectivity index (χ2n) is 4.51. The van der Waals surface area contributed by atoms with Gasteiger partial charge in [-0.3, -0.25) is 4.79 Å². The van der Waals surface area contributed by atoms with E-state index in [4.69, 9.17) is 0 Å². The molecule has 2 nitrogen and oxygen atoms in total. The number of carboxylic acids is 1. The van der Waals surface area contributed by atoms with Crippen molar-refractivity contribution in [3.63, 3.8) is 0 Å². The Balaban J connectivity index is 2.87. The van der Waals surface area contributed by atoms with Crippen LogP contribution in [0.3, 0.4) is 0 Å². The maximum absolute atomic E-state index is 11.5. The summed E-state index contributed by atoms with van der Waals surface area (Å²) in [5, 5.41) is 9.12. The third kappa shape index (κ3) is 2.72. The summed E-state index contributed by atoms with van der Waals surface area (Å²) in [6.45, 7) is 4.19. The summed E-state index contributed by atoms with van der Waals surface area (Å²) in [5.74, 6) is -0.143. The molecule has 1 fully saturated rings. The average Bonchev–Trinajstić information content (AvgIpc) is 2.18. The molecular formula is C12H23O2P. The Morgan fingerprint density at radius 1 is 1.40 bits per heavy atom. The van der Waals surface area contributed by atoms with Crippen LogP contribution < -0.4 is 0 Å². The van der Waals surface area contributed by atoms with E-state index in [-0.39, 0.29) is 0 Å². The number of carbonyl (C=O) groups is 1. The zero-order valence-corrected chi connectivity index (χ0v) is 10.9. The van der Waals surface area contributed by atoms with E-state index in [9.17, 15) is 9.90 Å². The highest BCUT2D eigenvalue weighted by Gasteiger charge is 2.43. The molecule has 3 atom stereocenters. The van der Waals surface area contributed by atoms with Gasteiger partial charge in [-0.25, -0.2) is 0 Å². The number of rotatable bonds is 3. The van der Waals surface area contributed by atoms with Gasteiger partial charge in [0.15, 0.2) is 0 Å². The minimum Gasteiger partial charge on any atom is -0.481 e. The zero-order valence-electron chi connectivity index (χ0n) is 9.88. The molecule has 15 heavy (non-hydrogen) atoms. The molecule has 0 amide bonds. The second-order valence-corrected chi connectivity index (χ2v) is 6.26. The molecule has 0 aromatic carbocycles. The quantitative estimate of drug-likeness (QED) is 0.753. The van der Waals surface area contributed by atoms with E-state index in [0.717, 1.165) is 25.4 Å². The average molecular weight is 230 g/mol. The van der Waals surface area contributed by atoms with E-state index < -0.39 is 11.1 Å². The SMILES string of the molecule is CCC1CCCCCPC1(CC)C(=O)O. The normalized spacial score (nSPS) is 34.7. The van der Waals surface area contributed by atoms with Crippen LogP contribution in [0.15, 0.2) is 0 Å². The van der Waals surface area contributed by atoms with Crippen molar-refractivity contribution in [2.75, 3.05) is 6.16 Å². The van der Waals surface area contributed by atoms with E-state index in [1.54, 1.807) is 0 Å². The first-order valence-electron chi connectivity index (χ1n) is 6.15. The first-order valence-corrected chi connectivity index (χ1v) is 7.36. The molecule has 3 heteroatoms. The number of carboxylic acid groups (broad SMARTS) is 1. The van der Waals surface area contributed by atoms with Crippen molar-refractivity contribution in [3.8, 4) is 0 Å². The van der Waals surface area contributed by atoms with Crippen molar-refractivity contribution in [1.82, 2.24) is 0 Å². The van der Waals surface area contributed by atoms with Crippen molar-refractivity contribution in [2.45, 2.75) is 57.5 Å². The van der Waals surface area contributed by atoms with Crippen LogP contribution in [-0.4, -0.2) is 22.4 Å². The van der Waals surface area contributed by atoms with Gasteiger partial charge >= 0.3 is 5.97 Å². The highest BCUT2D eigenvalue weighted by molar-refractivity contribution is 7.41. The first-order chi connectivity index (χ1) is 7.17. The topological polar surface area (TPSA) is 37.3 Å². The lowest BCUT2D eigenvalue weighted by molar-refractivity contribution is -0.142. The summed E-state index contributed by atoms with van der Waals surface area (Å²) >= 11 is 0. The van der Waals surface area contributed by atoms with Crippen molar-refractivity contribution >= 4 is 14.6 Å². The molecule has 1 rings (SSSR count). The van der Waals surface area contributed by atoms with Gasteiger partial charge in [-0.1, -0.05) is 33.1 Å². The van der Waals surface area contributed by atoms with Crippen molar-refractivity contribution in [1.29, 1.82) is 0 Å². The Morgan fingerprint density at radius 2 is 2.13 bits per heavy atom. The molecule has 0 radical (unpaired) electrons. The Bertz CT molecular complexity index is 218. The largest absolute Gasteiger partial charge is 0.481 e. The Kier molecular flexibility index (Phi) is 5.05. The van der Waals surface area contributed by atoms with Gasteiger partial charge in [0.25, 0.3) is 0 Å². The number of aliphatic carboxylic acids is 1. The molecule has 0 aromatic heterocycles. The molecule has 1 heterocycles. The van der Waals surface area contributed by atoms with Crippen molar-refractivity contribution in [2.24, 2.45) is 5.92 Å². The van der Waals surface area contributed by atoms with Crippen LogP contribution in [0.4, 0.5) is 0 Å². The zero-order chi connectivity index (χ0) is 11.3. The molecule has 1 saturated heterocycles. The maximum Gasteiger partial charge on any atom is 0.313 e. The molecule has 88 valence electrons. The van der Waals surface area contributed by atoms with E-state index in [2.05, 4.69) is 6.92 Å².